The Morgan fingerprint density at radius 1 is 0.750 bits per heavy atom. The van der Waals surface area contributed by atoms with E-state index < -0.39 is 23.8 Å². The van der Waals surface area contributed by atoms with Crippen LogP contribution >= 0.6 is 0 Å². The number of aryl methyl sites for hydroxylation is 2. The summed E-state index contributed by atoms with van der Waals surface area (Å²) < 4.78 is 10.1. The SMILES string of the molecule is C.CCCC(=O)ON1C(=O)CCC1=O.COc1ccc(C(=[N+]=[N-])C(=O)CCc2ccccc2)cc1.COc1ccc(C(N=[N+]=[N-])C(=O)CCc2ccccc2)cc1.S=S=S. The molecule has 1 atom stereocenters. The van der Waals surface area contributed by atoms with Gasteiger partial charge in [0.1, 0.15) is 23.3 Å². The van der Waals surface area contributed by atoms with E-state index in [4.69, 9.17) is 20.5 Å². The topological polar surface area (TPSA) is 201 Å². The predicted octanol–water partition coefficient (Wildman–Crippen LogP) is 8.19. The maximum Gasteiger partial charge on any atom is 0.364 e. The Bertz CT molecular complexity index is 2110. The number of imide groups is 1. The second kappa shape index (κ2) is 29.9. The zero-order chi connectivity index (χ0) is 43.4. The summed E-state index contributed by atoms with van der Waals surface area (Å²) >= 11 is 8.25. The van der Waals surface area contributed by atoms with E-state index in [1.807, 2.05) is 67.6 Å². The highest BCUT2D eigenvalue weighted by Crippen LogP contribution is 2.24. The monoisotopic (exact) mass is 872 g/mol. The van der Waals surface area contributed by atoms with Crippen LogP contribution in [0.5, 0.6) is 11.5 Å². The minimum atomic E-state index is -0.792. The molecule has 0 spiro atoms. The normalized spacial score (nSPS) is 11.3. The number of hydroxylamine groups is 2. The molecule has 14 nitrogen and oxygen atoms in total. The third kappa shape index (κ3) is 18.6. The quantitative estimate of drug-likeness (QED) is 0.0347. The molecule has 0 bridgehead atoms. The van der Waals surface area contributed by atoms with E-state index in [1.165, 1.54) is 0 Å². The second-order valence-corrected chi connectivity index (χ2v) is 14.1. The number of Topliss-reactive ketones (excluding diaryl/α,β-unsaturated/α-hetero) is 2. The minimum Gasteiger partial charge on any atom is -0.497 e. The average molecular weight is 873 g/mol. The van der Waals surface area contributed by atoms with Crippen molar-refractivity contribution in [2.24, 2.45) is 5.11 Å². The first-order valence-corrected chi connectivity index (χ1v) is 20.9. The molecule has 0 aromatic heterocycles. The van der Waals surface area contributed by atoms with Gasteiger partial charge in [0.25, 0.3) is 11.8 Å². The zero-order valence-electron chi connectivity index (χ0n) is 32.8. The van der Waals surface area contributed by atoms with Crippen molar-refractivity contribution < 1.29 is 43.1 Å². The Labute approximate surface area is 362 Å². The van der Waals surface area contributed by atoms with Crippen LogP contribution in [-0.2, 0) is 72.9 Å². The average Bonchev–Trinajstić information content (AvgIpc) is 3.58. The van der Waals surface area contributed by atoms with Gasteiger partial charge in [-0.05, 0) is 77.9 Å². The number of carbonyl (C=O) groups excluding carboxylic acids is 5. The van der Waals surface area contributed by atoms with Crippen molar-refractivity contribution in [1.82, 2.24) is 5.06 Å². The maximum absolute atomic E-state index is 12.4. The third-order valence-electron chi connectivity index (χ3n) is 8.27. The molecule has 0 radical (unpaired) electrons. The Morgan fingerprint density at radius 2 is 1.22 bits per heavy atom. The van der Waals surface area contributed by atoms with Crippen LogP contribution in [0.3, 0.4) is 0 Å². The summed E-state index contributed by atoms with van der Waals surface area (Å²) in [7, 11) is 4.06. The molecular weight excluding hydrogens is 825 g/mol. The first-order valence-electron chi connectivity index (χ1n) is 18.2. The Kier molecular flexibility index (Phi) is 25.8. The van der Waals surface area contributed by atoms with Gasteiger partial charge in [0.15, 0.2) is 0 Å². The number of rotatable bonds is 16. The van der Waals surface area contributed by atoms with Gasteiger partial charge in [0.2, 0.25) is 5.78 Å². The first-order chi connectivity index (χ1) is 28.5. The van der Waals surface area contributed by atoms with Gasteiger partial charge in [-0.2, -0.15) is 4.79 Å². The van der Waals surface area contributed by atoms with E-state index in [1.54, 1.807) is 62.8 Å². The van der Waals surface area contributed by atoms with Gasteiger partial charge in [-0.25, -0.2) is 4.79 Å². The molecule has 1 unspecified atom stereocenters. The third-order valence-corrected chi connectivity index (χ3v) is 8.27. The summed E-state index contributed by atoms with van der Waals surface area (Å²) in [6.45, 7) is 1.81. The number of nitrogens with zero attached hydrogens (tertiary/aromatic N) is 6. The second-order valence-electron chi connectivity index (χ2n) is 12.3. The fourth-order valence-corrected chi connectivity index (χ4v) is 5.26. The summed E-state index contributed by atoms with van der Waals surface area (Å²) in [4.78, 5) is 67.9. The first kappa shape index (κ1) is 51.8. The molecule has 0 N–H and O–H groups in total. The molecule has 17 heteroatoms. The number of ether oxygens (including phenoxy) is 2. The van der Waals surface area contributed by atoms with Crippen molar-refractivity contribution in [2.45, 2.75) is 71.8 Å². The summed E-state index contributed by atoms with van der Waals surface area (Å²) in [5.41, 5.74) is 21.3. The number of hydrogen-bond acceptors (Lipinski definition) is 11. The molecule has 0 saturated carbocycles. The molecule has 5 rings (SSSR count). The van der Waals surface area contributed by atoms with Crippen LogP contribution in [-0.4, -0.2) is 59.1 Å². The fraction of sp³-hybridized carbons (Fsp3) is 0.302. The van der Waals surface area contributed by atoms with Crippen LogP contribution in [0.2, 0.25) is 0 Å². The molecule has 1 saturated heterocycles. The number of methoxy groups -OCH3 is 2. The highest BCUT2D eigenvalue weighted by Gasteiger charge is 2.32. The molecule has 1 fully saturated rings. The number of ketones is 2. The lowest BCUT2D eigenvalue weighted by molar-refractivity contribution is -0.197. The van der Waals surface area contributed by atoms with Crippen LogP contribution in [0.15, 0.2) is 114 Å². The van der Waals surface area contributed by atoms with Gasteiger partial charge in [-0.1, -0.05) is 92.3 Å². The summed E-state index contributed by atoms with van der Waals surface area (Å²) in [6.07, 6.45) is 3.01. The van der Waals surface area contributed by atoms with Crippen LogP contribution in [0.1, 0.15) is 81.2 Å². The van der Waals surface area contributed by atoms with Crippen molar-refractivity contribution >= 4 is 66.3 Å². The van der Waals surface area contributed by atoms with Crippen LogP contribution in [0.4, 0.5) is 0 Å². The van der Waals surface area contributed by atoms with E-state index in [0.717, 1.165) is 20.0 Å². The molecule has 1 aliphatic rings. The molecule has 316 valence electrons. The molecule has 4 aromatic rings. The smallest absolute Gasteiger partial charge is 0.364 e. The highest BCUT2D eigenvalue weighted by atomic mass is 33.1. The van der Waals surface area contributed by atoms with E-state index in [2.05, 4.69) is 42.0 Å². The molecule has 4 aromatic carbocycles. The lowest BCUT2D eigenvalue weighted by atomic mass is 9.98. The lowest BCUT2D eigenvalue weighted by Gasteiger charge is -2.11. The molecule has 1 aliphatic heterocycles. The lowest BCUT2D eigenvalue weighted by Crippen LogP contribution is -2.31. The zero-order valence-corrected chi connectivity index (χ0v) is 35.3. The molecular formula is C43H48N6O8S3. The standard InChI is InChI=1S/C17H17N3O2.C17H16N2O2.C8H11NO4.CH4.S3/c1-22-15-10-8-14(9-11-15)17(19-20-18)16(21)12-7-13-5-3-2-4-6-13;1-21-15-10-8-14(9-11-15)17(19-18)16(20)12-7-13-5-3-2-4-6-13;1-2-3-8(12)13-9-6(10)4-5-7(9)11;;1-3-2/h2-6,8-11,17H,7,12H2,1H3;2-6,8-11H,7,12H2,1H3;2-5H2,1H3;1H4;. The number of benzene rings is 4. The predicted molar refractivity (Wildman–Crippen MR) is 236 cm³/mol. The summed E-state index contributed by atoms with van der Waals surface area (Å²) in [5.74, 6) is -0.304. The largest absolute Gasteiger partial charge is 0.497 e. The van der Waals surface area contributed by atoms with Gasteiger partial charge in [0.05, 0.1) is 19.8 Å². The Morgan fingerprint density at radius 3 is 1.65 bits per heavy atom. The van der Waals surface area contributed by atoms with E-state index in [-0.39, 0.29) is 44.0 Å². The van der Waals surface area contributed by atoms with E-state index in [0.29, 0.717) is 59.8 Å². The number of azide groups is 1. The van der Waals surface area contributed by atoms with Crippen molar-refractivity contribution in [2.75, 3.05) is 14.2 Å². The van der Waals surface area contributed by atoms with Crippen LogP contribution in [0.25, 0.3) is 16.0 Å². The maximum atomic E-state index is 12.4. The van der Waals surface area contributed by atoms with Crippen LogP contribution < -0.4 is 9.47 Å². The molecule has 2 amide bonds. The van der Waals surface area contributed by atoms with Crippen molar-refractivity contribution in [3.05, 3.63) is 147 Å². The van der Waals surface area contributed by atoms with Crippen molar-refractivity contribution in [3.8, 4) is 11.5 Å². The fourth-order valence-electron chi connectivity index (χ4n) is 5.26. The molecule has 0 aliphatic carbocycles. The van der Waals surface area contributed by atoms with Gasteiger partial charge >= 0.3 is 11.7 Å². The summed E-state index contributed by atoms with van der Waals surface area (Å²) in [6, 6.07) is 32.6. The van der Waals surface area contributed by atoms with Gasteiger partial charge in [-0.3, -0.25) is 19.2 Å². The Hall–Kier alpha value is -6.22. The van der Waals surface area contributed by atoms with E-state index in [9.17, 15) is 24.0 Å². The highest BCUT2D eigenvalue weighted by molar-refractivity contribution is 8.37. The summed E-state index contributed by atoms with van der Waals surface area (Å²) in [5, 5.41) is 4.22. The Balaban J connectivity index is 0.000000444. The van der Waals surface area contributed by atoms with Crippen molar-refractivity contribution in [1.29, 1.82) is 0 Å². The number of amides is 2. The van der Waals surface area contributed by atoms with Crippen molar-refractivity contribution in [3.63, 3.8) is 0 Å². The van der Waals surface area contributed by atoms with Gasteiger partial charge in [0, 0.05) is 68.3 Å². The van der Waals surface area contributed by atoms with Gasteiger partial charge in [-0.15, -0.1) is 5.06 Å². The van der Waals surface area contributed by atoms with E-state index >= 15 is 0 Å². The van der Waals surface area contributed by atoms with Gasteiger partial charge < -0.3 is 19.8 Å². The van der Waals surface area contributed by atoms with Crippen LogP contribution in [0, 0.1) is 0 Å². The molecule has 1 heterocycles. The number of hydrogen-bond donors (Lipinski definition) is 0. The molecule has 60 heavy (non-hydrogen) atoms. The minimum absolute atomic E-state index is 0. The number of carbonyl (C=O) groups is 5.